The molecule has 0 saturated heterocycles. The van der Waals surface area contributed by atoms with Crippen molar-refractivity contribution in [2.75, 3.05) is 0 Å². The minimum atomic E-state index is -0.280. The highest BCUT2D eigenvalue weighted by molar-refractivity contribution is 6.30. The van der Waals surface area contributed by atoms with Crippen LogP contribution in [0.4, 0.5) is 0 Å². The summed E-state index contributed by atoms with van der Waals surface area (Å²) < 4.78 is 0. The SMILES string of the molecule is Cl.O=c1cc(Cl)cn[nH]1. The molecule has 0 spiro atoms. The molecule has 0 radical (unpaired) electrons. The first kappa shape index (κ1) is 8.46. The standard InChI is InChI=1S/C4H3ClN2O.ClH/c5-3-1-4(8)7-6-2-3;/h1-2H,(H,7,8);1H. The summed E-state index contributed by atoms with van der Waals surface area (Å²) in [7, 11) is 0. The van der Waals surface area contributed by atoms with E-state index in [4.69, 9.17) is 11.6 Å². The zero-order valence-corrected chi connectivity index (χ0v) is 5.87. The van der Waals surface area contributed by atoms with Crippen molar-refractivity contribution in [3.63, 3.8) is 0 Å². The summed E-state index contributed by atoms with van der Waals surface area (Å²) in [5, 5.41) is 5.95. The summed E-state index contributed by atoms with van der Waals surface area (Å²) in [4.78, 5) is 10.3. The second-order valence-electron chi connectivity index (χ2n) is 1.26. The molecule has 0 saturated carbocycles. The third kappa shape index (κ3) is 2.49. The van der Waals surface area contributed by atoms with Crippen molar-refractivity contribution >= 4 is 24.0 Å². The average Bonchev–Trinajstić information content (AvgIpc) is 1.64. The average molecular weight is 167 g/mol. The molecule has 1 heterocycles. The molecule has 0 aliphatic carbocycles. The largest absolute Gasteiger partial charge is 0.268 e. The number of rotatable bonds is 0. The van der Waals surface area contributed by atoms with Crippen LogP contribution in [0.2, 0.25) is 5.02 Å². The van der Waals surface area contributed by atoms with Crippen LogP contribution < -0.4 is 5.56 Å². The molecule has 3 nitrogen and oxygen atoms in total. The fourth-order valence-corrected chi connectivity index (χ4v) is 0.500. The molecule has 1 N–H and O–H groups in total. The predicted molar refractivity (Wildman–Crippen MR) is 37.1 cm³/mol. The molecular formula is C4H4Cl2N2O. The van der Waals surface area contributed by atoms with Crippen LogP contribution in [0.25, 0.3) is 0 Å². The third-order valence-corrected chi connectivity index (χ3v) is 0.838. The monoisotopic (exact) mass is 166 g/mol. The van der Waals surface area contributed by atoms with Gasteiger partial charge in [-0.15, -0.1) is 12.4 Å². The number of hydrogen-bond acceptors (Lipinski definition) is 2. The van der Waals surface area contributed by atoms with Crippen molar-refractivity contribution < 1.29 is 0 Å². The van der Waals surface area contributed by atoms with E-state index in [9.17, 15) is 4.79 Å². The summed E-state index contributed by atoms with van der Waals surface area (Å²) in [6.07, 6.45) is 1.36. The van der Waals surface area contributed by atoms with E-state index in [0.717, 1.165) is 0 Å². The number of H-pyrrole nitrogens is 1. The van der Waals surface area contributed by atoms with Gasteiger partial charge >= 0.3 is 0 Å². The van der Waals surface area contributed by atoms with E-state index in [2.05, 4.69) is 10.2 Å². The summed E-state index contributed by atoms with van der Waals surface area (Å²) in [5.41, 5.74) is -0.280. The number of nitrogens with one attached hydrogen (secondary N) is 1. The van der Waals surface area contributed by atoms with Gasteiger partial charge in [0.1, 0.15) is 0 Å². The quantitative estimate of drug-likeness (QED) is 0.622. The maximum Gasteiger partial charge on any atom is 0.265 e. The zero-order valence-electron chi connectivity index (χ0n) is 4.30. The van der Waals surface area contributed by atoms with Crippen LogP contribution in [0.5, 0.6) is 0 Å². The second kappa shape index (κ2) is 3.48. The molecule has 5 heteroatoms. The van der Waals surface area contributed by atoms with Crippen molar-refractivity contribution in [1.29, 1.82) is 0 Å². The van der Waals surface area contributed by atoms with Crippen molar-refractivity contribution in [2.45, 2.75) is 0 Å². The van der Waals surface area contributed by atoms with Crippen LogP contribution in [0.3, 0.4) is 0 Å². The fourth-order valence-electron chi connectivity index (χ4n) is 0.352. The van der Waals surface area contributed by atoms with Crippen molar-refractivity contribution in [1.82, 2.24) is 10.2 Å². The molecule has 0 fully saturated rings. The summed E-state index contributed by atoms with van der Waals surface area (Å²) in [5.74, 6) is 0. The number of hydrogen-bond donors (Lipinski definition) is 1. The van der Waals surface area contributed by atoms with Crippen LogP contribution in [-0.2, 0) is 0 Å². The lowest BCUT2D eigenvalue weighted by Gasteiger charge is -1.80. The fraction of sp³-hybridized carbons (Fsp3) is 0. The summed E-state index contributed by atoms with van der Waals surface area (Å²) >= 11 is 5.36. The Labute approximate surface area is 62.5 Å². The van der Waals surface area contributed by atoms with Crippen LogP contribution in [0.1, 0.15) is 0 Å². The van der Waals surface area contributed by atoms with Gasteiger partial charge in [0.2, 0.25) is 0 Å². The second-order valence-corrected chi connectivity index (χ2v) is 1.70. The Morgan fingerprint density at radius 2 is 2.33 bits per heavy atom. The van der Waals surface area contributed by atoms with Crippen LogP contribution >= 0.6 is 24.0 Å². The Hall–Kier alpha value is -0.540. The number of aromatic amines is 1. The normalized spacial score (nSPS) is 8.11. The Morgan fingerprint density at radius 1 is 1.67 bits per heavy atom. The van der Waals surface area contributed by atoms with E-state index in [1.165, 1.54) is 12.3 Å². The molecule has 0 aromatic carbocycles. The maximum absolute atomic E-state index is 10.3. The molecule has 0 unspecified atom stereocenters. The Bertz CT molecular complexity index is 234. The van der Waals surface area contributed by atoms with Gasteiger partial charge in [-0.3, -0.25) is 4.79 Å². The Morgan fingerprint density at radius 3 is 2.67 bits per heavy atom. The summed E-state index contributed by atoms with van der Waals surface area (Å²) in [6.45, 7) is 0. The maximum atomic E-state index is 10.3. The van der Waals surface area contributed by atoms with Crippen LogP contribution in [-0.4, -0.2) is 10.2 Å². The summed E-state index contributed by atoms with van der Waals surface area (Å²) in [6, 6.07) is 1.26. The van der Waals surface area contributed by atoms with Gasteiger partial charge < -0.3 is 0 Å². The molecule has 50 valence electrons. The van der Waals surface area contributed by atoms with E-state index in [1.54, 1.807) is 0 Å². The minimum absolute atomic E-state index is 0. The first-order chi connectivity index (χ1) is 3.79. The minimum Gasteiger partial charge on any atom is -0.268 e. The molecule has 1 aromatic rings. The van der Waals surface area contributed by atoms with Crippen LogP contribution in [0.15, 0.2) is 17.1 Å². The Kier molecular flexibility index (Phi) is 3.27. The van der Waals surface area contributed by atoms with Gasteiger partial charge in [0, 0.05) is 6.07 Å². The molecule has 0 amide bonds. The first-order valence-corrected chi connectivity index (χ1v) is 2.37. The van der Waals surface area contributed by atoms with E-state index in [1.807, 2.05) is 0 Å². The highest BCUT2D eigenvalue weighted by Crippen LogP contribution is 1.96. The lowest BCUT2D eigenvalue weighted by molar-refractivity contribution is 0.989. The predicted octanol–water partition coefficient (Wildman–Crippen LogP) is 0.845. The highest BCUT2D eigenvalue weighted by atomic mass is 35.5. The van der Waals surface area contributed by atoms with E-state index < -0.39 is 0 Å². The Balaban J connectivity index is 0.000000640. The molecule has 9 heavy (non-hydrogen) atoms. The lowest BCUT2D eigenvalue weighted by Crippen LogP contribution is -2.03. The molecule has 0 atom stereocenters. The van der Waals surface area contributed by atoms with Gasteiger partial charge in [-0.25, -0.2) is 5.10 Å². The smallest absolute Gasteiger partial charge is 0.265 e. The topological polar surface area (TPSA) is 45.8 Å². The molecule has 0 aliphatic heterocycles. The number of nitrogens with zero attached hydrogens (tertiary/aromatic N) is 1. The van der Waals surface area contributed by atoms with E-state index in [-0.39, 0.29) is 18.0 Å². The molecule has 0 bridgehead atoms. The van der Waals surface area contributed by atoms with Crippen molar-refractivity contribution in [3.8, 4) is 0 Å². The first-order valence-electron chi connectivity index (χ1n) is 1.99. The van der Waals surface area contributed by atoms with E-state index in [0.29, 0.717) is 5.02 Å². The number of halogens is 2. The molecule has 1 aromatic heterocycles. The van der Waals surface area contributed by atoms with Gasteiger partial charge in [-0.2, -0.15) is 5.10 Å². The molecular weight excluding hydrogens is 163 g/mol. The van der Waals surface area contributed by atoms with Gasteiger partial charge in [0.25, 0.3) is 5.56 Å². The van der Waals surface area contributed by atoms with Crippen LogP contribution in [0, 0.1) is 0 Å². The number of aromatic nitrogens is 2. The lowest BCUT2D eigenvalue weighted by atomic mass is 10.6. The van der Waals surface area contributed by atoms with Gasteiger partial charge in [-0.05, 0) is 0 Å². The third-order valence-electron chi connectivity index (χ3n) is 0.632. The zero-order chi connectivity index (χ0) is 5.98. The van der Waals surface area contributed by atoms with Gasteiger partial charge in [0.05, 0.1) is 11.2 Å². The molecule has 1 rings (SSSR count). The molecule has 0 aliphatic rings. The van der Waals surface area contributed by atoms with Gasteiger partial charge in [0.15, 0.2) is 0 Å². The van der Waals surface area contributed by atoms with Crippen molar-refractivity contribution in [3.05, 3.63) is 27.6 Å². The van der Waals surface area contributed by atoms with E-state index >= 15 is 0 Å². The van der Waals surface area contributed by atoms with Gasteiger partial charge in [-0.1, -0.05) is 11.6 Å². The highest BCUT2D eigenvalue weighted by Gasteiger charge is 1.83. The van der Waals surface area contributed by atoms with Crippen molar-refractivity contribution in [2.24, 2.45) is 0 Å².